The molecule has 1 aliphatic rings. The molecule has 1 N–H and O–H groups in total. The first-order chi connectivity index (χ1) is 11.2. The second-order valence-electron chi connectivity index (χ2n) is 5.54. The molecule has 9 heteroatoms. The van der Waals surface area contributed by atoms with E-state index in [1.165, 1.54) is 10.4 Å². The van der Waals surface area contributed by atoms with Crippen LogP contribution in [0.1, 0.15) is 32.3 Å². The number of nitrogens with zero attached hydrogens (tertiary/aromatic N) is 1. The highest BCUT2D eigenvalue weighted by atomic mass is 35.5. The zero-order chi connectivity index (χ0) is 18.1. The van der Waals surface area contributed by atoms with Crippen LogP contribution in [0.2, 0.25) is 10.0 Å². The number of hydrogen-bond acceptors (Lipinski definition) is 4. The Bertz CT molecular complexity index is 745. The van der Waals surface area contributed by atoms with Gasteiger partial charge in [-0.15, -0.1) is 0 Å². The summed E-state index contributed by atoms with van der Waals surface area (Å²) in [7, 11) is -3.82. The minimum absolute atomic E-state index is 0.0473. The molecule has 1 aliphatic heterocycles. The Morgan fingerprint density at radius 2 is 1.88 bits per heavy atom. The second kappa shape index (κ2) is 7.47. The topological polar surface area (TPSA) is 83.9 Å². The van der Waals surface area contributed by atoms with Crippen LogP contribution in [-0.4, -0.2) is 43.0 Å². The van der Waals surface area contributed by atoms with Gasteiger partial charge in [0.15, 0.2) is 6.10 Å². The van der Waals surface area contributed by atoms with Crippen molar-refractivity contribution in [3.05, 3.63) is 21.7 Å². The van der Waals surface area contributed by atoms with Crippen molar-refractivity contribution in [2.45, 2.75) is 44.1 Å². The van der Waals surface area contributed by atoms with Crippen molar-refractivity contribution in [2.75, 3.05) is 13.1 Å². The summed E-state index contributed by atoms with van der Waals surface area (Å²) in [5.41, 5.74) is 0.434. The molecule has 0 saturated heterocycles. The lowest BCUT2D eigenvalue weighted by Crippen LogP contribution is -2.32. The first kappa shape index (κ1) is 19.3. The van der Waals surface area contributed by atoms with Crippen LogP contribution in [-0.2, 0) is 21.2 Å². The summed E-state index contributed by atoms with van der Waals surface area (Å²) < 4.78 is 32.5. The molecule has 1 aromatic carbocycles. The van der Waals surface area contributed by atoms with Gasteiger partial charge in [-0.2, -0.15) is 4.31 Å². The molecule has 1 atom stereocenters. The average molecular weight is 396 g/mol. The van der Waals surface area contributed by atoms with Crippen LogP contribution < -0.4 is 4.74 Å². The summed E-state index contributed by atoms with van der Waals surface area (Å²) >= 11 is 12.3. The second-order valence-corrected chi connectivity index (χ2v) is 8.21. The summed E-state index contributed by atoms with van der Waals surface area (Å²) in [6.07, 6.45) is 0.291. The molecule has 0 aliphatic carbocycles. The van der Waals surface area contributed by atoms with E-state index >= 15 is 0 Å². The van der Waals surface area contributed by atoms with Gasteiger partial charge in [0.25, 0.3) is 0 Å². The summed E-state index contributed by atoms with van der Waals surface area (Å²) in [6.45, 7) is 4.52. The van der Waals surface area contributed by atoms with Crippen molar-refractivity contribution in [3.8, 4) is 5.75 Å². The minimum Gasteiger partial charge on any atom is -0.478 e. The highest BCUT2D eigenvalue weighted by molar-refractivity contribution is 7.89. The quantitative estimate of drug-likeness (QED) is 0.765. The molecule has 0 radical (unpaired) electrons. The molecule has 0 amide bonds. The molecule has 1 heterocycles. The van der Waals surface area contributed by atoms with E-state index in [2.05, 4.69) is 0 Å². The number of rotatable bonds is 7. The number of carbonyl (C=O) groups is 1. The lowest BCUT2D eigenvalue weighted by molar-refractivity contribution is -0.144. The van der Waals surface area contributed by atoms with Crippen molar-refractivity contribution in [2.24, 2.45) is 0 Å². The predicted molar refractivity (Wildman–Crippen MR) is 91.6 cm³/mol. The highest BCUT2D eigenvalue weighted by Crippen LogP contribution is 2.44. The lowest BCUT2D eigenvalue weighted by Gasteiger charge is -2.22. The van der Waals surface area contributed by atoms with E-state index in [1.807, 2.05) is 13.8 Å². The van der Waals surface area contributed by atoms with Gasteiger partial charge in [0.1, 0.15) is 15.7 Å². The molecule has 1 aromatic rings. The average Bonchev–Trinajstić information content (AvgIpc) is 2.95. The smallest absolute Gasteiger partial charge is 0.345 e. The normalized spacial score (nSPS) is 17.0. The largest absolute Gasteiger partial charge is 0.478 e. The molecular weight excluding hydrogens is 377 g/mol. The molecule has 2 rings (SSSR count). The molecule has 0 saturated carbocycles. The standard InChI is InChI=1S/C15H19Cl2NO5S/c1-3-5-18(6-4-2)24(21,22)11-8-9-7-10(15(19)20)23-14(9)13(17)12(11)16/h8,10H,3-7H2,1-2H3,(H,19,20). The molecule has 134 valence electrons. The number of carboxylic acid groups (broad SMARTS) is 1. The van der Waals surface area contributed by atoms with E-state index in [4.69, 9.17) is 33.0 Å². The fourth-order valence-electron chi connectivity index (χ4n) is 2.61. The third kappa shape index (κ3) is 3.49. The lowest BCUT2D eigenvalue weighted by atomic mass is 10.1. The van der Waals surface area contributed by atoms with Crippen molar-refractivity contribution in [1.29, 1.82) is 0 Å². The van der Waals surface area contributed by atoms with Crippen LogP contribution in [0.25, 0.3) is 0 Å². The van der Waals surface area contributed by atoms with Gasteiger partial charge in [-0.1, -0.05) is 37.0 Å². The van der Waals surface area contributed by atoms with Crippen LogP contribution in [0.15, 0.2) is 11.0 Å². The van der Waals surface area contributed by atoms with Crippen LogP contribution >= 0.6 is 23.2 Å². The zero-order valence-electron chi connectivity index (χ0n) is 13.4. The van der Waals surface area contributed by atoms with Crippen LogP contribution in [0.3, 0.4) is 0 Å². The summed E-state index contributed by atoms with van der Waals surface area (Å²) in [6, 6.07) is 1.38. The van der Waals surface area contributed by atoms with Gasteiger partial charge in [-0.05, 0) is 18.9 Å². The molecule has 0 spiro atoms. The van der Waals surface area contributed by atoms with Gasteiger partial charge in [0, 0.05) is 25.1 Å². The molecule has 1 unspecified atom stereocenters. The van der Waals surface area contributed by atoms with Gasteiger partial charge >= 0.3 is 5.97 Å². The molecule has 0 bridgehead atoms. The summed E-state index contributed by atoms with van der Waals surface area (Å²) in [5, 5.41) is 8.87. The molecule has 0 aromatic heterocycles. The molecule has 6 nitrogen and oxygen atoms in total. The Hall–Kier alpha value is -1.02. The van der Waals surface area contributed by atoms with Crippen LogP contribution in [0.5, 0.6) is 5.75 Å². The van der Waals surface area contributed by atoms with Crippen molar-refractivity contribution >= 4 is 39.2 Å². The Morgan fingerprint density at radius 3 is 2.38 bits per heavy atom. The van der Waals surface area contributed by atoms with Crippen molar-refractivity contribution in [1.82, 2.24) is 4.31 Å². The maximum Gasteiger partial charge on any atom is 0.345 e. The van der Waals surface area contributed by atoms with Gasteiger partial charge in [-0.3, -0.25) is 0 Å². The van der Waals surface area contributed by atoms with E-state index in [0.717, 1.165) is 0 Å². The molecular formula is C15H19Cl2NO5S. The number of sulfonamides is 1. The van der Waals surface area contributed by atoms with Crippen LogP contribution in [0.4, 0.5) is 0 Å². The Labute approximate surface area is 151 Å². The number of carboxylic acids is 1. The number of fused-ring (bicyclic) bond motifs is 1. The fourth-order valence-corrected chi connectivity index (χ4v) is 5.11. The van der Waals surface area contributed by atoms with E-state index < -0.39 is 22.1 Å². The number of aliphatic carboxylic acids is 1. The van der Waals surface area contributed by atoms with Crippen molar-refractivity contribution < 1.29 is 23.1 Å². The Balaban J connectivity index is 2.51. The third-order valence-corrected chi connectivity index (χ3v) is 6.59. The van der Waals surface area contributed by atoms with E-state index in [0.29, 0.717) is 31.5 Å². The van der Waals surface area contributed by atoms with Gasteiger partial charge in [0.05, 0.1) is 5.02 Å². The first-order valence-corrected chi connectivity index (χ1v) is 9.84. The molecule has 0 fully saturated rings. The predicted octanol–water partition coefficient (Wildman–Crippen LogP) is 3.19. The Kier molecular flexibility index (Phi) is 6.01. The van der Waals surface area contributed by atoms with Gasteiger partial charge in [-0.25, -0.2) is 13.2 Å². The monoisotopic (exact) mass is 395 g/mol. The van der Waals surface area contributed by atoms with Gasteiger partial charge < -0.3 is 9.84 Å². The Morgan fingerprint density at radius 1 is 1.29 bits per heavy atom. The van der Waals surface area contributed by atoms with Crippen molar-refractivity contribution in [3.63, 3.8) is 0 Å². The third-order valence-electron chi connectivity index (χ3n) is 3.71. The number of halogens is 2. The fraction of sp³-hybridized carbons (Fsp3) is 0.533. The molecule has 24 heavy (non-hydrogen) atoms. The summed E-state index contributed by atoms with van der Waals surface area (Å²) in [4.78, 5) is 11.0. The number of benzene rings is 1. The van der Waals surface area contributed by atoms with E-state index in [1.54, 1.807) is 0 Å². The number of hydrogen-bond donors (Lipinski definition) is 1. The maximum absolute atomic E-state index is 12.9. The highest BCUT2D eigenvalue weighted by Gasteiger charge is 2.36. The minimum atomic E-state index is -3.82. The maximum atomic E-state index is 12.9. The van der Waals surface area contributed by atoms with Gasteiger partial charge in [0.2, 0.25) is 10.0 Å². The first-order valence-electron chi connectivity index (χ1n) is 7.64. The number of ether oxygens (including phenoxy) is 1. The zero-order valence-corrected chi connectivity index (χ0v) is 15.7. The van der Waals surface area contributed by atoms with E-state index in [-0.39, 0.29) is 27.1 Å². The van der Waals surface area contributed by atoms with Crippen LogP contribution in [0, 0.1) is 0 Å². The van der Waals surface area contributed by atoms with E-state index in [9.17, 15) is 13.2 Å². The summed E-state index contributed by atoms with van der Waals surface area (Å²) in [5.74, 6) is -0.994. The SMILES string of the molecule is CCCN(CCC)S(=O)(=O)c1cc2c(c(Cl)c1Cl)OC(C(=O)O)C2.